The highest BCUT2D eigenvalue weighted by atomic mass is 19.1. The predicted octanol–water partition coefficient (Wildman–Crippen LogP) is 1.13. The van der Waals surface area contributed by atoms with Crippen LogP contribution in [0.1, 0.15) is 12.8 Å². The minimum absolute atomic E-state index is 0.589. The second-order valence-corrected chi connectivity index (χ2v) is 1.79. The summed E-state index contributed by atoms with van der Waals surface area (Å²) < 4.78 is 17.0. The van der Waals surface area contributed by atoms with Gasteiger partial charge in [-0.05, 0) is 0 Å². The second kappa shape index (κ2) is 2.26. The third kappa shape index (κ3) is 1.43. The number of alkyl halides is 1. The molecule has 1 aliphatic heterocycles. The first-order chi connectivity index (χ1) is 3.39. The Morgan fingerprint density at radius 1 is 1.29 bits per heavy atom. The largest absolute Gasteiger partial charge is 0.381 e. The Morgan fingerprint density at radius 3 is 2.14 bits per heavy atom. The number of rotatable bonds is 0. The average Bonchev–Trinajstić information content (AvgIpc) is 1.69. The predicted molar refractivity (Wildman–Crippen MR) is 24.9 cm³/mol. The molecule has 1 heterocycles. The average molecular weight is 104 g/mol. The SMILES string of the molecule is FC1CCOCC1. The van der Waals surface area contributed by atoms with Crippen LogP contribution < -0.4 is 0 Å². The van der Waals surface area contributed by atoms with Crippen molar-refractivity contribution in [1.29, 1.82) is 0 Å². The first-order valence-electron chi connectivity index (χ1n) is 2.61. The topological polar surface area (TPSA) is 9.23 Å². The Kier molecular flexibility index (Phi) is 1.63. The fraction of sp³-hybridized carbons (Fsp3) is 1.00. The fourth-order valence-electron chi connectivity index (χ4n) is 0.669. The molecule has 42 valence electrons. The molecule has 0 saturated carbocycles. The highest BCUT2D eigenvalue weighted by Crippen LogP contribution is 2.08. The second-order valence-electron chi connectivity index (χ2n) is 1.79. The quantitative estimate of drug-likeness (QED) is 0.447. The molecule has 1 saturated heterocycles. The Morgan fingerprint density at radius 2 is 1.86 bits per heavy atom. The summed E-state index contributed by atoms with van der Waals surface area (Å²) in [6.07, 6.45) is 0.605. The van der Waals surface area contributed by atoms with E-state index >= 15 is 0 Å². The summed E-state index contributed by atoms with van der Waals surface area (Å²) in [4.78, 5) is 0. The van der Waals surface area contributed by atoms with E-state index in [4.69, 9.17) is 4.74 Å². The van der Waals surface area contributed by atoms with Crippen molar-refractivity contribution >= 4 is 0 Å². The molecule has 0 aromatic heterocycles. The third-order valence-corrected chi connectivity index (χ3v) is 1.15. The molecule has 0 aliphatic carbocycles. The Labute approximate surface area is 42.5 Å². The lowest BCUT2D eigenvalue weighted by molar-refractivity contribution is 0.0515. The van der Waals surface area contributed by atoms with Crippen LogP contribution in [0.4, 0.5) is 4.39 Å². The molecule has 1 rings (SSSR count). The maximum Gasteiger partial charge on any atom is 0.104 e. The van der Waals surface area contributed by atoms with Crippen LogP contribution in [0.2, 0.25) is 0 Å². The molecular formula is C5H9FO. The van der Waals surface area contributed by atoms with Gasteiger partial charge in [-0.15, -0.1) is 0 Å². The molecule has 0 amide bonds. The molecule has 1 fully saturated rings. The fourth-order valence-corrected chi connectivity index (χ4v) is 0.669. The van der Waals surface area contributed by atoms with E-state index in [1.54, 1.807) is 0 Å². The molecule has 0 N–H and O–H groups in total. The lowest BCUT2D eigenvalue weighted by Crippen LogP contribution is -2.15. The lowest BCUT2D eigenvalue weighted by atomic mass is 10.2. The molecule has 2 heteroatoms. The first kappa shape index (κ1) is 5.04. The van der Waals surface area contributed by atoms with E-state index in [-0.39, 0.29) is 0 Å². The summed E-state index contributed by atoms with van der Waals surface area (Å²) in [5.41, 5.74) is 0. The summed E-state index contributed by atoms with van der Waals surface area (Å²) in [5.74, 6) is 0. The summed E-state index contributed by atoms with van der Waals surface area (Å²) >= 11 is 0. The monoisotopic (exact) mass is 104 g/mol. The Hall–Kier alpha value is -0.110. The number of hydrogen-bond acceptors (Lipinski definition) is 1. The smallest absolute Gasteiger partial charge is 0.104 e. The molecule has 0 bridgehead atoms. The standard InChI is InChI=1S/C5H9FO/c6-5-1-3-7-4-2-5/h5H,1-4H2. The zero-order valence-electron chi connectivity index (χ0n) is 4.19. The van der Waals surface area contributed by atoms with Gasteiger partial charge in [0.2, 0.25) is 0 Å². The van der Waals surface area contributed by atoms with Gasteiger partial charge >= 0.3 is 0 Å². The maximum absolute atomic E-state index is 12.1. The van der Waals surface area contributed by atoms with Crippen LogP contribution in [0.15, 0.2) is 0 Å². The highest BCUT2D eigenvalue weighted by Gasteiger charge is 2.10. The van der Waals surface area contributed by atoms with Crippen molar-refractivity contribution in [3.05, 3.63) is 0 Å². The van der Waals surface area contributed by atoms with E-state index in [9.17, 15) is 4.39 Å². The van der Waals surface area contributed by atoms with Crippen LogP contribution in [0.3, 0.4) is 0 Å². The summed E-state index contributed by atoms with van der Waals surface area (Å²) in [6.45, 7) is 1.22. The van der Waals surface area contributed by atoms with Gasteiger partial charge in [-0.3, -0.25) is 0 Å². The van der Waals surface area contributed by atoms with Gasteiger partial charge in [0.25, 0.3) is 0 Å². The Balaban J connectivity index is 2.12. The van der Waals surface area contributed by atoms with Crippen molar-refractivity contribution in [3.63, 3.8) is 0 Å². The van der Waals surface area contributed by atoms with Gasteiger partial charge in [0.1, 0.15) is 6.17 Å². The minimum Gasteiger partial charge on any atom is -0.381 e. The zero-order valence-corrected chi connectivity index (χ0v) is 4.19. The van der Waals surface area contributed by atoms with Crippen molar-refractivity contribution in [3.8, 4) is 0 Å². The molecule has 0 radical (unpaired) electrons. The number of hydrogen-bond donors (Lipinski definition) is 0. The molecule has 7 heavy (non-hydrogen) atoms. The van der Waals surface area contributed by atoms with E-state index in [1.165, 1.54) is 0 Å². The van der Waals surface area contributed by atoms with Crippen LogP contribution in [-0.2, 0) is 4.74 Å². The van der Waals surface area contributed by atoms with Crippen molar-refractivity contribution in [1.82, 2.24) is 0 Å². The van der Waals surface area contributed by atoms with Gasteiger partial charge in [-0.2, -0.15) is 0 Å². The van der Waals surface area contributed by atoms with Gasteiger partial charge in [0.15, 0.2) is 0 Å². The van der Waals surface area contributed by atoms with E-state index in [2.05, 4.69) is 0 Å². The van der Waals surface area contributed by atoms with E-state index in [1.807, 2.05) is 0 Å². The van der Waals surface area contributed by atoms with E-state index in [0.29, 0.717) is 26.1 Å². The molecule has 0 aromatic rings. The van der Waals surface area contributed by atoms with Crippen LogP contribution in [0.25, 0.3) is 0 Å². The lowest BCUT2D eigenvalue weighted by Gasteiger charge is -2.13. The molecule has 0 unspecified atom stereocenters. The third-order valence-electron chi connectivity index (χ3n) is 1.15. The van der Waals surface area contributed by atoms with Crippen LogP contribution >= 0.6 is 0 Å². The normalized spacial score (nSPS) is 25.3. The molecule has 0 atom stereocenters. The molecule has 0 spiro atoms. The summed E-state index contributed by atoms with van der Waals surface area (Å²) in [7, 11) is 0. The van der Waals surface area contributed by atoms with Gasteiger partial charge in [0, 0.05) is 26.1 Å². The van der Waals surface area contributed by atoms with Crippen LogP contribution in [-0.4, -0.2) is 19.4 Å². The van der Waals surface area contributed by atoms with Crippen molar-refractivity contribution in [2.45, 2.75) is 19.0 Å². The van der Waals surface area contributed by atoms with Crippen LogP contribution in [0.5, 0.6) is 0 Å². The van der Waals surface area contributed by atoms with E-state index in [0.717, 1.165) is 0 Å². The Bertz CT molecular complexity index is 50.0. The van der Waals surface area contributed by atoms with Crippen LogP contribution in [0, 0.1) is 0 Å². The van der Waals surface area contributed by atoms with Gasteiger partial charge < -0.3 is 4.74 Å². The van der Waals surface area contributed by atoms with E-state index < -0.39 is 6.17 Å². The molecule has 0 aromatic carbocycles. The summed E-state index contributed by atoms with van der Waals surface area (Å²) in [5, 5.41) is 0. The van der Waals surface area contributed by atoms with Crippen molar-refractivity contribution in [2.24, 2.45) is 0 Å². The van der Waals surface area contributed by atoms with Gasteiger partial charge in [-0.1, -0.05) is 0 Å². The number of ether oxygens (including phenoxy) is 1. The molecule has 1 nitrogen and oxygen atoms in total. The molecule has 1 aliphatic rings. The van der Waals surface area contributed by atoms with Crippen molar-refractivity contribution < 1.29 is 9.13 Å². The zero-order chi connectivity index (χ0) is 5.11. The number of halogens is 1. The molecular weight excluding hydrogens is 95.1 g/mol. The van der Waals surface area contributed by atoms with Crippen molar-refractivity contribution in [2.75, 3.05) is 13.2 Å². The maximum atomic E-state index is 12.1. The van der Waals surface area contributed by atoms with Gasteiger partial charge in [-0.25, -0.2) is 4.39 Å². The van der Waals surface area contributed by atoms with Gasteiger partial charge in [0.05, 0.1) is 0 Å². The highest BCUT2D eigenvalue weighted by molar-refractivity contribution is 4.58. The summed E-state index contributed by atoms with van der Waals surface area (Å²) in [6, 6.07) is 0. The first-order valence-corrected chi connectivity index (χ1v) is 2.61. The minimum atomic E-state index is -0.589.